The number of furan rings is 1. The molecular weight excluding hydrogens is 320 g/mol. The monoisotopic (exact) mass is 340 g/mol. The summed E-state index contributed by atoms with van der Waals surface area (Å²) >= 11 is 0. The molecule has 25 heavy (non-hydrogen) atoms. The molecule has 3 rings (SSSR count). The first-order valence-electron chi connectivity index (χ1n) is 8.26. The van der Waals surface area contributed by atoms with Gasteiger partial charge < -0.3 is 19.2 Å². The number of nitriles is 1. The van der Waals surface area contributed by atoms with Gasteiger partial charge in [0.2, 0.25) is 0 Å². The molecule has 1 N–H and O–H groups in total. The summed E-state index contributed by atoms with van der Waals surface area (Å²) in [5.74, 6) is 1.41. The largest absolute Gasteiger partial charge is 0.486 e. The van der Waals surface area contributed by atoms with Crippen LogP contribution in [0.3, 0.4) is 0 Å². The zero-order valence-corrected chi connectivity index (χ0v) is 14.0. The van der Waals surface area contributed by atoms with E-state index in [4.69, 9.17) is 14.4 Å². The fourth-order valence-electron chi connectivity index (χ4n) is 2.74. The SMILES string of the molecule is CC1CCN(C(=O)c2ccc(COc3ccc(C#N)cc3)o2)CC1O. The molecule has 2 aromatic rings. The third-order valence-electron chi connectivity index (χ3n) is 4.44. The zero-order valence-electron chi connectivity index (χ0n) is 14.0. The van der Waals surface area contributed by atoms with Gasteiger partial charge in [-0.3, -0.25) is 4.79 Å². The molecule has 2 unspecified atom stereocenters. The van der Waals surface area contributed by atoms with Crippen LogP contribution in [-0.4, -0.2) is 35.1 Å². The Hall–Kier alpha value is -2.78. The summed E-state index contributed by atoms with van der Waals surface area (Å²) in [6, 6.07) is 12.2. The Morgan fingerprint density at radius 1 is 1.36 bits per heavy atom. The quantitative estimate of drug-likeness (QED) is 0.924. The van der Waals surface area contributed by atoms with E-state index in [0.717, 1.165) is 6.42 Å². The van der Waals surface area contributed by atoms with Gasteiger partial charge in [0.15, 0.2) is 5.76 Å². The Morgan fingerprint density at radius 2 is 2.12 bits per heavy atom. The van der Waals surface area contributed by atoms with E-state index in [2.05, 4.69) is 0 Å². The van der Waals surface area contributed by atoms with Gasteiger partial charge in [0.1, 0.15) is 18.1 Å². The molecule has 0 saturated carbocycles. The predicted octanol–water partition coefficient (Wildman–Crippen LogP) is 2.57. The molecule has 1 aromatic carbocycles. The van der Waals surface area contributed by atoms with Crippen LogP contribution in [0.5, 0.6) is 5.75 Å². The maximum absolute atomic E-state index is 12.5. The lowest BCUT2D eigenvalue weighted by molar-refractivity contribution is 0.0229. The molecule has 1 aliphatic heterocycles. The van der Waals surface area contributed by atoms with Crippen LogP contribution in [0.1, 0.15) is 35.2 Å². The first-order valence-corrected chi connectivity index (χ1v) is 8.26. The number of hydrogen-bond acceptors (Lipinski definition) is 5. The number of carbonyl (C=O) groups excluding carboxylic acids is 1. The van der Waals surface area contributed by atoms with Crippen molar-refractivity contribution in [1.29, 1.82) is 5.26 Å². The molecular formula is C19H20N2O4. The Balaban J connectivity index is 1.58. The van der Waals surface area contributed by atoms with E-state index in [1.54, 1.807) is 41.3 Å². The number of β-amino-alcohol motifs (C(OH)–C–C–N with tert-alkyl or cyclic N) is 1. The topological polar surface area (TPSA) is 86.7 Å². The van der Waals surface area contributed by atoms with Gasteiger partial charge in [0, 0.05) is 13.1 Å². The maximum Gasteiger partial charge on any atom is 0.289 e. The standard InChI is InChI=1S/C19H20N2O4/c1-13-8-9-21(11-17(13)22)19(23)18-7-6-16(25-18)12-24-15-4-2-14(10-20)3-5-15/h2-7,13,17,22H,8-9,11-12H2,1H3. The molecule has 1 aliphatic rings. The number of benzene rings is 1. The second-order valence-corrected chi connectivity index (χ2v) is 6.28. The van der Waals surface area contributed by atoms with E-state index in [1.165, 1.54) is 0 Å². The summed E-state index contributed by atoms with van der Waals surface area (Å²) in [5.41, 5.74) is 0.566. The fraction of sp³-hybridized carbons (Fsp3) is 0.368. The summed E-state index contributed by atoms with van der Waals surface area (Å²) in [7, 11) is 0. The fourth-order valence-corrected chi connectivity index (χ4v) is 2.74. The smallest absolute Gasteiger partial charge is 0.289 e. The Labute approximate surface area is 146 Å². The molecule has 0 bridgehead atoms. The lowest BCUT2D eigenvalue weighted by Gasteiger charge is -2.33. The zero-order chi connectivity index (χ0) is 17.8. The highest BCUT2D eigenvalue weighted by atomic mass is 16.5. The Kier molecular flexibility index (Phi) is 5.05. The van der Waals surface area contributed by atoms with Gasteiger partial charge in [-0.25, -0.2) is 0 Å². The number of ether oxygens (including phenoxy) is 1. The highest BCUT2D eigenvalue weighted by Gasteiger charge is 2.29. The average molecular weight is 340 g/mol. The molecule has 2 atom stereocenters. The van der Waals surface area contributed by atoms with Crippen LogP contribution in [0.25, 0.3) is 0 Å². The summed E-state index contributed by atoms with van der Waals surface area (Å²) in [6.45, 7) is 3.13. The molecule has 0 radical (unpaired) electrons. The lowest BCUT2D eigenvalue weighted by atomic mass is 9.96. The molecule has 1 fully saturated rings. The number of aliphatic hydroxyl groups is 1. The maximum atomic E-state index is 12.5. The van der Waals surface area contributed by atoms with Crippen molar-refractivity contribution in [1.82, 2.24) is 4.90 Å². The molecule has 6 heteroatoms. The van der Waals surface area contributed by atoms with Crippen LogP contribution in [0, 0.1) is 17.2 Å². The minimum Gasteiger partial charge on any atom is -0.486 e. The average Bonchev–Trinajstić information content (AvgIpc) is 3.11. The summed E-state index contributed by atoms with van der Waals surface area (Å²) < 4.78 is 11.2. The predicted molar refractivity (Wildman–Crippen MR) is 89.9 cm³/mol. The van der Waals surface area contributed by atoms with Gasteiger partial charge in [-0.15, -0.1) is 0 Å². The van der Waals surface area contributed by atoms with Crippen LogP contribution in [0.4, 0.5) is 0 Å². The Morgan fingerprint density at radius 3 is 2.80 bits per heavy atom. The number of rotatable bonds is 4. The van der Waals surface area contributed by atoms with Gasteiger partial charge >= 0.3 is 0 Å². The molecule has 0 aliphatic carbocycles. The number of amides is 1. The van der Waals surface area contributed by atoms with E-state index in [1.807, 2.05) is 13.0 Å². The number of likely N-dealkylation sites (tertiary alicyclic amines) is 1. The molecule has 130 valence electrons. The van der Waals surface area contributed by atoms with Crippen molar-refractivity contribution in [3.05, 3.63) is 53.5 Å². The van der Waals surface area contributed by atoms with Crippen molar-refractivity contribution < 1.29 is 19.1 Å². The van der Waals surface area contributed by atoms with E-state index in [-0.39, 0.29) is 24.2 Å². The Bertz CT molecular complexity index is 775. The van der Waals surface area contributed by atoms with E-state index < -0.39 is 6.10 Å². The number of aliphatic hydroxyl groups excluding tert-OH is 1. The highest BCUT2D eigenvalue weighted by Crippen LogP contribution is 2.20. The number of carbonyl (C=O) groups is 1. The van der Waals surface area contributed by atoms with Crippen molar-refractivity contribution in [2.75, 3.05) is 13.1 Å². The van der Waals surface area contributed by atoms with Crippen molar-refractivity contribution >= 4 is 5.91 Å². The van der Waals surface area contributed by atoms with Crippen molar-refractivity contribution in [2.24, 2.45) is 5.92 Å². The third-order valence-corrected chi connectivity index (χ3v) is 4.44. The van der Waals surface area contributed by atoms with Gasteiger partial charge in [-0.2, -0.15) is 5.26 Å². The second-order valence-electron chi connectivity index (χ2n) is 6.28. The molecule has 2 heterocycles. The first-order chi connectivity index (χ1) is 12.1. The van der Waals surface area contributed by atoms with E-state index in [0.29, 0.717) is 30.2 Å². The van der Waals surface area contributed by atoms with Crippen LogP contribution in [-0.2, 0) is 6.61 Å². The van der Waals surface area contributed by atoms with Crippen molar-refractivity contribution in [3.8, 4) is 11.8 Å². The van der Waals surface area contributed by atoms with Crippen molar-refractivity contribution in [3.63, 3.8) is 0 Å². The third kappa shape index (κ3) is 4.01. The first kappa shape index (κ1) is 17.1. The molecule has 1 saturated heterocycles. The van der Waals surface area contributed by atoms with Gasteiger partial charge in [-0.05, 0) is 48.7 Å². The van der Waals surface area contributed by atoms with E-state index in [9.17, 15) is 9.90 Å². The van der Waals surface area contributed by atoms with Crippen LogP contribution in [0.2, 0.25) is 0 Å². The van der Waals surface area contributed by atoms with Crippen LogP contribution >= 0.6 is 0 Å². The number of nitrogens with zero attached hydrogens (tertiary/aromatic N) is 2. The van der Waals surface area contributed by atoms with Gasteiger partial charge in [0.05, 0.1) is 17.7 Å². The molecule has 1 aromatic heterocycles. The number of piperidine rings is 1. The van der Waals surface area contributed by atoms with E-state index >= 15 is 0 Å². The van der Waals surface area contributed by atoms with Crippen molar-refractivity contribution in [2.45, 2.75) is 26.1 Å². The normalized spacial score (nSPS) is 20.1. The molecule has 1 amide bonds. The second kappa shape index (κ2) is 7.41. The summed E-state index contributed by atoms with van der Waals surface area (Å²) in [6.07, 6.45) is 0.286. The van der Waals surface area contributed by atoms with Gasteiger partial charge in [0.25, 0.3) is 5.91 Å². The summed E-state index contributed by atoms with van der Waals surface area (Å²) in [4.78, 5) is 14.1. The summed E-state index contributed by atoms with van der Waals surface area (Å²) in [5, 5.41) is 18.7. The minimum atomic E-state index is -0.494. The number of hydrogen-bond donors (Lipinski definition) is 1. The van der Waals surface area contributed by atoms with Crippen LogP contribution < -0.4 is 4.74 Å². The van der Waals surface area contributed by atoms with Gasteiger partial charge in [-0.1, -0.05) is 6.92 Å². The molecule has 0 spiro atoms. The van der Waals surface area contributed by atoms with Crippen LogP contribution in [0.15, 0.2) is 40.8 Å². The minimum absolute atomic E-state index is 0.193. The molecule has 6 nitrogen and oxygen atoms in total. The lowest BCUT2D eigenvalue weighted by Crippen LogP contribution is -2.45. The highest BCUT2D eigenvalue weighted by molar-refractivity contribution is 5.91.